The van der Waals surface area contributed by atoms with Crippen molar-refractivity contribution >= 4 is 28.9 Å². The third-order valence-corrected chi connectivity index (χ3v) is 4.03. The summed E-state index contributed by atoms with van der Waals surface area (Å²) in [7, 11) is 1.90. The lowest BCUT2D eigenvalue weighted by molar-refractivity contribution is 1.06. The maximum atomic E-state index is 4.58. The monoisotopic (exact) mass is 250 g/mol. The second kappa shape index (κ2) is 4.03. The van der Waals surface area contributed by atoms with Gasteiger partial charge in [0.2, 0.25) is 0 Å². The molecule has 1 aliphatic heterocycles. The van der Waals surface area contributed by atoms with E-state index < -0.39 is 0 Å². The largest absolute Gasteiger partial charge is 0.373 e. The van der Waals surface area contributed by atoms with E-state index in [1.165, 1.54) is 5.56 Å². The zero-order chi connectivity index (χ0) is 11.0. The van der Waals surface area contributed by atoms with Crippen LogP contribution < -0.4 is 5.32 Å². The highest BCUT2D eigenvalue weighted by Gasteiger charge is 2.19. The van der Waals surface area contributed by atoms with Crippen LogP contribution in [0.3, 0.4) is 0 Å². The predicted molar refractivity (Wildman–Crippen MR) is 67.7 cm³/mol. The summed E-state index contributed by atoms with van der Waals surface area (Å²) in [6, 6.07) is 0. The van der Waals surface area contributed by atoms with Crippen LogP contribution in [-0.2, 0) is 11.5 Å². The van der Waals surface area contributed by atoms with Gasteiger partial charge in [-0.15, -0.1) is 11.3 Å². The molecule has 4 nitrogen and oxygen atoms in total. The van der Waals surface area contributed by atoms with Crippen LogP contribution in [-0.4, -0.2) is 22.0 Å². The lowest BCUT2D eigenvalue weighted by Gasteiger charge is -2.07. The summed E-state index contributed by atoms with van der Waals surface area (Å²) in [5.74, 6) is 3.65. The fraction of sp³-hybridized carbons (Fsp3) is 0.300. The zero-order valence-electron chi connectivity index (χ0n) is 8.73. The summed E-state index contributed by atoms with van der Waals surface area (Å²) >= 11 is 3.44. The molecule has 0 spiro atoms. The number of anilines is 1. The van der Waals surface area contributed by atoms with Gasteiger partial charge < -0.3 is 5.32 Å². The van der Waals surface area contributed by atoms with Crippen molar-refractivity contribution in [2.45, 2.75) is 11.5 Å². The molecule has 0 fully saturated rings. The van der Waals surface area contributed by atoms with Crippen molar-refractivity contribution in [1.29, 1.82) is 0 Å². The van der Waals surface area contributed by atoms with Crippen molar-refractivity contribution in [2.24, 2.45) is 0 Å². The van der Waals surface area contributed by atoms with Gasteiger partial charge in [-0.1, -0.05) is 0 Å². The smallest absolute Gasteiger partial charge is 0.181 e. The van der Waals surface area contributed by atoms with Gasteiger partial charge in [0, 0.05) is 29.5 Å². The Hall–Kier alpha value is -1.14. The molecule has 1 N–H and O–H groups in total. The van der Waals surface area contributed by atoms with E-state index in [1.807, 2.05) is 24.2 Å². The first-order valence-corrected chi connectivity index (χ1v) is 7.02. The fourth-order valence-corrected chi connectivity index (χ4v) is 3.27. The summed E-state index contributed by atoms with van der Waals surface area (Å²) in [6.45, 7) is 0. The first-order valence-electron chi connectivity index (χ1n) is 4.92. The van der Waals surface area contributed by atoms with E-state index in [0.29, 0.717) is 0 Å². The van der Waals surface area contributed by atoms with Crippen molar-refractivity contribution in [3.63, 3.8) is 0 Å². The Labute approximate surface area is 102 Å². The molecule has 0 saturated carbocycles. The minimum absolute atomic E-state index is 0.729. The molecule has 0 bridgehead atoms. The van der Waals surface area contributed by atoms with Gasteiger partial charge in [-0.05, 0) is 0 Å². The van der Waals surface area contributed by atoms with E-state index in [0.717, 1.165) is 34.5 Å². The van der Waals surface area contributed by atoms with E-state index in [9.17, 15) is 0 Å². The second-order valence-electron chi connectivity index (χ2n) is 3.44. The standard InChI is InChI=1S/C10H10N4S2/c1-11-9-6-2-15-3-7(6)13-10(14-9)8-4-16-5-12-8/h4-5H,2-3H2,1H3,(H,11,13,14). The Bertz CT molecular complexity index is 510. The molecule has 0 amide bonds. The summed E-state index contributed by atoms with van der Waals surface area (Å²) in [4.78, 5) is 13.3. The van der Waals surface area contributed by atoms with E-state index in [2.05, 4.69) is 20.3 Å². The molecule has 82 valence electrons. The van der Waals surface area contributed by atoms with Gasteiger partial charge in [0.25, 0.3) is 0 Å². The predicted octanol–water partition coefficient (Wildman–Crippen LogP) is 2.39. The summed E-state index contributed by atoms with van der Waals surface area (Å²) in [6.07, 6.45) is 0. The number of nitrogens with zero attached hydrogens (tertiary/aromatic N) is 3. The van der Waals surface area contributed by atoms with Gasteiger partial charge >= 0.3 is 0 Å². The molecule has 6 heteroatoms. The first kappa shape index (κ1) is 10.0. The molecule has 2 aromatic rings. The third kappa shape index (κ3) is 1.58. The molecular formula is C10H10N4S2. The lowest BCUT2D eigenvalue weighted by atomic mass is 10.2. The topological polar surface area (TPSA) is 50.7 Å². The van der Waals surface area contributed by atoms with Gasteiger partial charge in [0.05, 0.1) is 11.2 Å². The molecule has 3 rings (SSSR count). The minimum atomic E-state index is 0.729. The van der Waals surface area contributed by atoms with Crippen molar-refractivity contribution in [3.05, 3.63) is 22.1 Å². The van der Waals surface area contributed by atoms with Gasteiger partial charge in [-0.2, -0.15) is 11.8 Å². The van der Waals surface area contributed by atoms with E-state index in [-0.39, 0.29) is 0 Å². The van der Waals surface area contributed by atoms with Gasteiger partial charge in [-0.25, -0.2) is 15.0 Å². The molecule has 0 radical (unpaired) electrons. The van der Waals surface area contributed by atoms with Gasteiger partial charge in [0.1, 0.15) is 11.5 Å². The zero-order valence-corrected chi connectivity index (χ0v) is 10.4. The number of rotatable bonds is 2. The molecule has 0 unspecified atom stereocenters. The normalized spacial score (nSPS) is 13.8. The quantitative estimate of drug-likeness (QED) is 0.887. The Morgan fingerprint density at radius 3 is 3.00 bits per heavy atom. The highest BCUT2D eigenvalue weighted by molar-refractivity contribution is 7.98. The number of hydrogen-bond donors (Lipinski definition) is 1. The van der Waals surface area contributed by atoms with Crippen LogP contribution in [0.15, 0.2) is 10.9 Å². The SMILES string of the molecule is CNc1nc(-c2cscn2)nc2c1CSC2. The van der Waals surface area contributed by atoms with E-state index in [1.54, 1.807) is 16.8 Å². The Morgan fingerprint density at radius 1 is 1.31 bits per heavy atom. The van der Waals surface area contributed by atoms with Gasteiger partial charge in [-0.3, -0.25) is 0 Å². The molecule has 16 heavy (non-hydrogen) atoms. The van der Waals surface area contributed by atoms with Crippen LogP contribution in [0.4, 0.5) is 5.82 Å². The summed E-state index contributed by atoms with van der Waals surface area (Å²) < 4.78 is 0. The maximum Gasteiger partial charge on any atom is 0.181 e. The molecule has 0 aliphatic carbocycles. The lowest BCUT2D eigenvalue weighted by Crippen LogP contribution is -2.03. The fourth-order valence-electron chi connectivity index (χ4n) is 1.70. The van der Waals surface area contributed by atoms with Crippen LogP contribution in [0.2, 0.25) is 0 Å². The first-order chi connectivity index (χ1) is 7.88. The van der Waals surface area contributed by atoms with Crippen LogP contribution in [0, 0.1) is 0 Å². The second-order valence-corrected chi connectivity index (χ2v) is 5.14. The average Bonchev–Trinajstić information content (AvgIpc) is 2.97. The highest BCUT2D eigenvalue weighted by atomic mass is 32.2. The number of aromatic nitrogens is 3. The van der Waals surface area contributed by atoms with Gasteiger partial charge in [0.15, 0.2) is 5.82 Å². The Balaban J connectivity index is 2.15. The molecule has 0 aromatic carbocycles. The van der Waals surface area contributed by atoms with E-state index >= 15 is 0 Å². The van der Waals surface area contributed by atoms with Crippen LogP contribution >= 0.6 is 23.1 Å². The number of nitrogens with one attached hydrogen (secondary N) is 1. The highest BCUT2D eigenvalue weighted by Crippen LogP contribution is 2.34. The number of hydrogen-bond acceptors (Lipinski definition) is 6. The minimum Gasteiger partial charge on any atom is -0.373 e. The van der Waals surface area contributed by atoms with Crippen molar-refractivity contribution < 1.29 is 0 Å². The average molecular weight is 250 g/mol. The number of thioether (sulfide) groups is 1. The molecule has 2 aromatic heterocycles. The van der Waals surface area contributed by atoms with Crippen molar-refractivity contribution in [1.82, 2.24) is 15.0 Å². The van der Waals surface area contributed by atoms with Crippen LogP contribution in [0.1, 0.15) is 11.3 Å². The summed E-state index contributed by atoms with van der Waals surface area (Å²) in [5, 5.41) is 5.12. The maximum absolute atomic E-state index is 4.58. The molecule has 0 saturated heterocycles. The molecule has 3 heterocycles. The van der Waals surface area contributed by atoms with Crippen LogP contribution in [0.25, 0.3) is 11.5 Å². The van der Waals surface area contributed by atoms with E-state index in [4.69, 9.17) is 0 Å². The van der Waals surface area contributed by atoms with Crippen molar-refractivity contribution in [3.8, 4) is 11.5 Å². The third-order valence-electron chi connectivity index (χ3n) is 2.48. The molecular weight excluding hydrogens is 240 g/mol. The molecule has 1 aliphatic rings. The number of fused-ring (bicyclic) bond motifs is 1. The number of thiazole rings is 1. The molecule has 0 atom stereocenters. The Morgan fingerprint density at radius 2 is 2.25 bits per heavy atom. The summed E-state index contributed by atoms with van der Waals surface area (Å²) in [5.41, 5.74) is 5.06. The van der Waals surface area contributed by atoms with Crippen LogP contribution in [0.5, 0.6) is 0 Å². The Kier molecular flexibility index (Phi) is 2.53. The van der Waals surface area contributed by atoms with Crippen molar-refractivity contribution in [2.75, 3.05) is 12.4 Å².